The van der Waals surface area contributed by atoms with Gasteiger partial charge in [0.25, 0.3) is 5.89 Å². The highest BCUT2D eigenvalue weighted by Crippen LogP contribution is 2.20. The van der Waals surface area contributed by atoms with E-state index in [2.05, 4.69) is 20.4 Å². The summed E-state index contributed by atoms with van der Waals surface area (Å²) < 4.78 is 10.4. The number of furan rings is 1. The molecule has 0 saturated carbocycles. The lowest BCUT2D eigenvalue weighted by molar-refractivity contribution is 0.299. The van der Waals surface area contributed by atoms with E-state index in [0.717, 1.165) is 37.9 Å². The van der Waals surface area contributed by atoms with Crippen molar-refractivity contribution in [1.82, 2.24) is 20.4 Å². The highest BCUT2D eigenvalue weighted by atomic mass is 16.5. The molecule has 0 amide bonds. The van der Waals surface area contributed by atoms with Crippen LogP contribution >= 0.6 is 0 Å². The number of nitrogens with one attached hydrogen (secondary N) is 1. The van der Waals surface area contributed by atoms with Crippen LogP contribution in [0.5, 0.6) is 0 Å². The molecule has 0 aliphatic carbocycles. The van der Waals surface area contributed by atoms with E-state index in [1.165, 1.54) is 6.42 Å². The number of hydrogen-bond donors (Lipinski definition) is 1. The highest BCUT2D eigenvalue weighted by Gasteiger charge is 2.23. The number of hydrogen-bond acceptors (Lipinski definition) is 6. The van der Waals surface area contributed by atoms with Crippen molar-refractivity contribution in [3.8, 4) is 11.7 Å². The van der Waals surface area contributed by atoms with Gasteiger partial charge >= 0.3 is 0 Å². The maximum absolute atomic E-state index is 5.23. The van der Waals surface area contributed by atoms with Crippen LogP contribution in [0.15, 0.2) is 27.3 Å². The molecule has 0 radical (unpaired) electrons. The van der Waals surface area contributed by atoms with Gasteiger partial charge in [0.05, 0.1) is 12.8 Å². The van der Waals surface area contributed by atoms with Crippen molar-refractivity contribution in [3.63, 3.8) is 0 Å². The first-order valence-corrected chi connectivity index (χ1v) is 6.58. The molecule has 3 heterocycles. The fourth-order valence-electron chi connectivity index (χ4n) is 2.53. The zero-order valence-electron chi connectivity index (χ0n) is 11.0. The van der Waals surface area contributed by atoms with Gasteiger partial charge in [-0.15, -0.1) is 0 Å². The van der Waals surface area contributed by atoms with Crippen molar-refractivity contribution in [2.75, 3.05) is 26.7 Å². The van der Waals surface area contributed by atoms with Crippen LogP contribution in [0.1, 0.15) is 12.2 Å². The lowest BCUT2D eigenvalue weighted by atomic mass is 10.1. The molecule has 1 N–H and O–H groups in total. The molecule has 2 aromatic heterocycles. The molecule has 1 aliphatic heterocycles. The molecular formula is C13H18N4O2. The van der Waals surface area contributed by atoms with Crippen LogP contribution < -0.4 is 5.32 Å². The topological polar surface area (TPSA) is 67.3 Å². The molecule has 6 heteroatoms. The van der Waals surface area contributed by atoms with Gasteiger partial charge in [-0.25, -0.2) is 0 Å². The smallest absolute Gasteiger partial charge is 0.293 e. The van der Waals surface area contributed by atoms with Crippen LogP contribution in [0.25, 0.3) is 11.7 Å². The summed E-state index contributed by atoms with van der Waals surface area (Å²) in [6, 6.07) is 3.62. The lowest BCUT2D eigenvalue weighted by Crippen LogP contribution is -2.24. The van der Waals surface area contributed by atoms with Crippen LogP contribution in [-0.4, -0.2) is 41.7 Å². The lowest BCUT2D eigenvalue weighted by Gasteiger charge is -2.13. The molecule has 0 aromatic carbocycles. The second kappa shape index (κ2) is 5.54. The Labute approximate surface area is 111 Å². The second-order valence-corrected chi connectivity index (χ2v) is 4.94. The summed E-state index contributed by atoms with van der Waals surface area (Å²) in [5.41, 5.74) is 0. The van der Waals surface area contributed by atoms with E-state index in [0.29, 0.717) is 11.7 Å². The van der Waals surface area contributed by atoms with E-state index in [1.54, 1.807) is 6.26 Å². The van der Waals surface area contributed by atoms with Crippen LogP contribution in [-0.2, 0) is 6.54 Å². The van der Waals surface area contributed by atoms with Crippen molar-refractivity contribution in [2.45, 2.75) is 13.0 Å². The molecule has 1 fully saturated rings. The largest absolute Gasteiger partial charge is 0.459 e. The van der Waals surface area contributed by atoms with E-state index in [9.17, 15) is 0 Å². The predicted molar refractivity (Wildman–Crippen MR) is 69.3 cm³/mol. The van der Waals surface area contributed by atoms with Gasteiger partial charge < -0.3 is 14.3 Å². The zero-order valence-corrected chi connectivity index (χ0v) is 11.0. The van der Waals surface area contributed by atoms with E-state index < -0.39 is 0 Å². The molecule has 19 heavy (non-hydrogen) atoms. The molecule has 1 unspecified atom stereocenters. The van der Waals surface area contributed by atoms with Crippen molar-refractivity contribution in [3.05, 3.63) is 24.2 Å². The van der Waals surface area contributed by atoms with E-state index in [4.69, 9.17) is 8.94 Å². The Morgan fingerprint density at radius 3 is 3.26 bits per heavy atom. The maximum atomic E-state index is 5.23. The average Bonchev–Trinajstić information content (AvgIpc) is 3.10. The summed E-state index contributed by atoms with van der Waals surface area (Å²) in [4.78, 5) is 6.72. The highest BCUT2D eigenvalue weighted by molar-refractivity contribution is 5.42. The summed E-state index contributed by atoms with van der Waals surface area (Å²) in [6.45, 7) is 3.99. The Morgan fingerprint density at radius 1 is 1.53 bits per heavy atom. The van der Waals surface area contributed by atoms with Crippen LogP contribution in [0.2, 0.25) is 0 Å². The van der Waals surface area contributed by atoms with Crippen molar-refractivity contribution in [1.29, 1.82) is 0 Å². The van der Waals surface area contributed by atoms with E-state index in [-0.39, 0.29) is 0 Å². The Bertz CT molecular complexity index is 508. The standard InChI is InChI=1S/C13H18N4O2/c1-14-7-10-4-5-17(8-10)9-12-15-13(19-16-12)11-3-2-6-18-11/h2-3,6,10,14H,4-5,7-9H2,1H3. The maximum Gasteiger partial charge on any atom is 0.293 e. The van der Waals surface area contributed by atoms with Gasteiger partial charge in [-0.2, -0.15) is 4.98 Å². The summed E-state index contributed by atoms with van der Waals surface area (Å²) >= 11 is 0. The van der Waals surface area contributed by atoms with E-state index >= 15 is 0 Å². The molecule has 6 nitrogen and oxygen atoms in total. The molecule has 3 rings (SSSR count). The molecule has 2 aromatic rings. The minimum atomic E-state index is 0.450. The monoisotopic (exact) mass is 262 g/mol. The van der Waals surface area contributed by atoms with Crippen molar-refractivity contribution < 1.29 is 8.94 Å². The third-order valence-corrected chi connectivity index (χ3v) is 3.43. The number of nitrogens with zero attached hydrogens (tertiary/aromatic N) is 3. The fourth-order valence-corrected chi connectivity index (χ4v) is 2.53. The number of aromatic nitrogens is 2. The van der Waals surface area contributed by atoms with Crippen LogP contribution in [0.3, 0.4) is 0 Å². The first-order valence-electron chi connectivity index (χ1n) is 6.58. The van der Waals surface area contributed by atoms with Gasteiger partial charge in [0.2, 0.25) is 0 Å². The van der Waals surface area contributed by atoms with Crippen molar-refractivity contribution in [2.24, 2.45) is 5.92 Å². The Balaban J connectivity index is 1.59. The van der Waals surface area contributed by atoms with Crippen LogP contribution in [0, 0.1) is 5.92 Å². The number of likely N-dealkylation sites (tertiary alicyclic amines) is 1. The second-order valence-electron chi connectivity index (χ2n) is 4.94. The summed E-state index contributed by atoms with van der Waals surface area (Å²) in [7, 11) is 2.00. The summed E-state index contributed by atoms with van der Waals surface area (Å²) in [5, 5.41) is 7.23. The molecule has 0 bridgehead atoms. The average molecular weight is 262 g/mol. The first-order chi connectivity index (χ1) is 9.35. The summed E-state index contributed by atoms with van der Waals surface area (Å²) in [5.74, 6) is 2.51. The molecular weight excluding hydrogens is 244 g/mol. The quantitative estimate of drug-likeness (QED) is 0.877. The predicted octanol–water partition coefficient (Wildman–Crippen LogP) is 1.37. The zero-order chi connectivity index (χ0) is 13.1. The first kappa shape index (κ1) is 12.4. The van der Waals surface area contributed by atoms with Gasteiger partial charge in [-0.3, -0.25) is 4.90 Å². The molecule has 0 spiro atoms. The van der Waals surface area contributed by atoms with Gasteiger partial charge in [0.15, 0.2) is 11.6 Å². The van der Waals surface area contributed by atoms with Gasteiger partial charge in [0, 0.05) is 6.54 Å². The van der Waals surface area contributed by atoms with Gasteiger partial charge in [-0.1, -0.05) is 5.16 Å². The Morgan fingerprint density at radius 2 is 2.47 bits per heavy atom. The third-order valence-electron chi connectivity index (χ3n) is 3.43. The van der Waals surface area contributed by atoms with Crippen molar-refractivity contribution >= 4 is 0 Å². The van der Waals surface area contributed by atoms with E-state index in [1.807, 2.05) is 19.2 Å². The fraction of sp³-hybridized carbons (Fsp3) is 0.538. The SMILES string of the molecule is CNCC1CCN(Cc2noc(-c3ccco3)n2)C1. The molecule has 1 atom stereocenters. The summed E-state index contributed by atoms with van der Waals surface area (Å²) in [6.07, 6.45) is 2.83. The molecule has 102 valence electrons. The van der Waals surface area contributed by atoms with Gasteiger partial charge in [0.1, 0.15) is 0 Å². The number of rotatable bonds is 5. The third kappa shape index (κ3) is 2.85. The normalized spacial score (nSPS) is 20.2. The molecule has 1 saturated heterocycles. The Hall–Kier alpha value is -1.66. The molecule has 1 aliphatic rings. The van der Waals surface area contributed by atoms with Gasteiger partial charge in [-0.05, 0) is 44.6 Å². The van der Waals surface area contributed by atoms with Crippen LogP contribution in [0.4, 0.5) is 0 Å². The minimum Gasteiger partial charge on any atom is -0.459 e. The minimum absolute atomic E-state index is 0.450. The Kier molecular flexibility index (Phi) is 3.61.